The molecule has 6 heteroatoms. The zero-order valence-electron chi connectivity index (χ0n) is 13.5. The third-order valence-corrected chi connectivity index (χ3v) is 3.60. The van der Waals surface area contributed by atoms with Crippen molar-refractivity contribution in [2.75, 3.05) is 0 Å². The highest BCUT2D eigenvalue weighted by Crippen LogP contribution is 2.22. The number of nitrogens with zero attached hydrogens (tertiary/aromatic N) is 2. The average molecular weight is 312 g/mol. The molecular formula is C17H20N4O2. The summed E-state index contributed by atoms with van der Waals surface area (Å²) in [5.41, 5.74) is 2.53. The number of rotatable bonds is 5. The van der Waals surface area contributed by atoms with Gasteiger partial charge in [0.25, 0.3) is 5.91 Å². The molecule has 2 N–H and O–H groups in total. The number of aromatic amines is 1. The maximum Gasteiger partial charge on any atom is 0.290 e. The molecule has 2 aromatic heterocycles. The first-order chi connectivity index (χ1) is 11.0. The number of fused-ring (bicyclic) bond motifs is 1. The summed E-state index contributed by atoms with van der Waals surface area (Å²) < 4.78 is 5.03. The van der Waals surface area contributed by atoms with E-state index in [4.69, 9.17) is 4.52 Å². The zero-order valence-corrected chi connectivity index (χ0v) is 13.5. The second kappa shape index (κ2) is 6.24. The van der Waals surface area contributed by atoms with Crippen LogP contribution in [-0.4, -0.2) is 21.0 Å². The van der Waals surface area contributed by atoms with Gasteiger partial charge in [0.1, 0.15) is 5.82 Å². The summed E-state index contributed by atoms with van der Waals surface area (Å²) in [6, 6.07) is 9.24. The molecule has 1 amide bonds. The van der Waals surface area contributed by atoms with Crippen LogP contribution in [0, 0.1) is 12.8 Å². The van der Waals surface area contributed by atoms with Crippen LogP contribution in [0.15, 0.2) is 34.9 Å². The predicted molar refractivity (Wildman–Crippen MR) is 87.0 cm³/mol. The van der Waals surface area contributed by atoms with Gasteiger partial charge in [0.05, 0.1) is 22.8 Å². The van der Waals surface area contributed by atoms with Gasteiger partial charge in [-0.2, -0.15) is 0 Å². The molecule has 1 aromatic carbocycles. The molecule has 0 aliphatic heterocycles. The number of hydrogen-bond acceptors (Lipinski definition) is 4. The molecule has 3 rings (SSSR count). The number of nitrogens with one attached hydrogen (secondary N) is 2. The SMILES string of the molecule is Cc1cc(C(=O)N[C@H](CC(C)C)c2nc3ccccc3[nH]2)on1. The summed E-state index contributed by atoms with van der Waals surface area (Å²) in [5, 5.41) is 6.74. The number of carbonyl (C=O) groups is 1. The van der Waals surface area contributed by atoms with Gasteiger partial charge in [-0.15, -0.1) is 0 Å². The molecular weight excluding hydrogens is 292 g/mol. The van der Waals surface area contributed by atoms with Crippen molar-refractivity contribution in [3.8, 4) is 0 Å². The monoisotopic (exact) mass is 312 g/mol. The standard InChI is InChI=1S/C17H20N4O2/c1-10(2)8-14(20-17(22)15-9-11(3)21-23-15)16-18-12-6-4-5-7-13(12)19-16/h4-7,9-10,14H,8H2,1-3H3,(H,18,19)(H,20,22)/t14-/m1/s1. The Labute approximate surface area is 134 Å². The Balaban J connectivity index is 1.86. The molecule has 1 atom stereocenters. The number of carbonyl (C=O) groups excluding carboxylic acids is 1. The van der Waals surface area contributed by atoms with Crippen molar-refractivity contribution in [3.05, 3.63) is 47.6 Å². The number of imidazole rings is 1. The lowest BCUT2D eigenvalue weighted by Gasteiger charge is -2.17. The smallest absolute Gasteiger partial charge is 0.290 e. The summed E-state index contributed by atoms with van der Waals surface area (Å²) in [6.45, 7) is 6.01. The minimum atomic E-state index is -0.281. The van der Waals surface area contributed by atoms with Gasteiger partial charge in [-0.25, -0.2) is 4.98 Å². The van der Waals surface area contributed by atoms with E-state index in [0.29, 0.717) is 11.6 Å². The lowest BCUT2D eigenvalue weighted by Crippen LogP contribution is -2.30. The Bertz CT molecular complexity index is 786. The maximum atomic E-state index is 12.4. The van der Waals surface area contributed by atoms with E-state index in [9.17, 15) is 4.79 Å². The van der Waals surface area contributed by atoms with E-state index < -0.39 is 0 Å². The third kappa shape index (κ3) is 3.41. The first-order valence-corrected chi connectivity index (χ1v) is 7.71. The highest BCUT2D eigenvalue weighted by atomic mass is 16.5. The van der Waals surface area contributed by atoms with E-state index in [-0.39, 0.29) is 17.7 Å². The van der Waals surface area contributed by atoms with E-state index in [1.165, 1.54) is 0 Å². The van der Waals surface area contributed by atoms with Crippen LogP contribution in [0.25, 0.3) is 11.0 Å². The summed E-state index contributed by atoms with van der Waals surface area (Å²) >= 11 is 0. The van der Waals surface area contributed by atoms with Crippen LogP contribution in [0.2, 0.25) is 0 Å². The Kier molecular flexibility index (Phi) is 4.14. The van der Waals surface area contributed by atoms with E-state index in [0.717, 1.165) is 23.3 Å². The van der Waals surface area contributed by atoms with E-state index in [1.54, 1.807) is 13.0 Å². The molecule has 0 saturated heterocycles. The summed E-state index contributed by atoms with van der Waals surface area (Å²) in [6.07, 6.45) is 0.776. The van der Waals surface area contributed by atoms with Crippen molar-refractivity contribution < 1.29 is 9.32 Å². The van der Waals surface area contributed by atoms with Gasteiger partial charge in [0.2, 0.25) is 5.76 Å². The molecule has 120 valence electrons. The first-order valence-electron chi connectivity index (χ1n) is 7.71. The fraction of sp³-hybridized carbons (Fsp3) is 0.353. The van der Waals surface area contributed by atoms with Crippen LogP contribution in [0.5, 0.6) is 0 Å². The Morgan fingerprint density at radius 3 is 2.78 bits per heavy atom. The molecule has 0 aliphatic carbocycles. The van der Waals surface area contributed by atoms with Crippen molar-refractivity contribution in [1.29, 1.82) is 0 Å². The third-order valence-electron chi connectivity index (χ3n) is 3.60. The van der Waals surface area contributed by atoms with Gasteiger partial charge in [-0.3, -0.25) is 4.79 Å². The van der Waals surface area contributed by atoms with E-state index in [2.05, 4.69) is 34.3 Å². The molecule has 6 nitrogen and oxygen atoms in total. The second-order valence-electron chi connectivity index (χ2n) is 6.13. The minimum absolute atomic E-state index is 0.208. The van der Waals surface area contributed by atoms with Gasteiger partial charge >= 0.3 is 0 Å². The number of amides is 1. The highest BCUT2D eigenvalue weighted by Gasteiger charge is 2.22. The van der Waals surface area contributed by atoms with Crippen LogP contribution in [0.1, 0.15) is 48.4 Å². The molecule has 0 saturated carbocycles. The number of aryl methyl sites for hydroxylation is 1. The molecule has 0 bridgehead atoms. The number of aromatic nitrogens is 3. The second-order valence-corrected chi connectivity index (χ2v) is 6.13. The van der Waals surface area contributed by atoms with Crippen LogP contribution < -0.4 is 5.32 Å². The van der Waals surface area contributed by atoms with Crippen molar-refractivity contribution in [2.45, 2.75) is 33.2 Å². The van der Waals surface area contributed by atoms with Gasteiger partial charge in [-0.1, -0.05) is 31.1 Å². The molecule has 23 heavy (non-hydrogen) atoms. The fourth-order valence-electron chi connectivity index (χ4n) is 2.55. The number of hydrogen-bond donors (Lipinski definition) is 2. The Morgan fingerprint density at radius 2 is 2.13 bits per heavy atom. The number of para-hydroxylation sites is 2. The molecule has 0 unspecified atom stereocenters. The van der Waals surface area contributed by atoms with Crippen molar-refractivity contribution >= 4 is 16.9 Å². The van der Waals surface area contributed by atoms with Crippen LogP contribution in [0.3, 0.4) is 0 Å². The number of H-pyrrole nitrogens is 1. The Hall–Kier alpha value is -2.63. The van der Waals surface area contributed by atoms with Crippen molar-refractivity contribution in [3.63, 3.8) is 0 Å². The van der Waals surface area contributed by atoms with Crippen molar-refractivity contribution in [1.82, 2.24) is 20.4 Å². The average Bonchev–Trinajstić information content (AvgIpc) is 3.11. The predicted octanol–water partition coefficient (Wildman–Crippen LogP) is 3.38. The number of benzene rings is 1. The van der Waals surface area contributed by atoms with Gasteiger partial charge < -0.3 is 14.8 Å². The molecule has 2 heterocycles. The Morgan fingerprint density at radius 1 is 1.35 bits per heavy atom. The highest BCUT2D eigenvalue weighted by molar-refractivity contribution is 5.91. The fourth-order valence-corrected chi connectivity index (χ4v) is 2.55. The topological polar surface area (TPSA) is 83.8 Å². The summed E-state index contributed by atoms with van der Waals surface area (Å²) in [5.74, 6) is 1.10. The molecule has 0 radical (unpaired) electrons. The summed E-state index contributed by atoms with van der Waals surface area (Å²) in [4.78, 5) is 20.2. The lowest BCUT2D eigenvalue weighted by molar-refractivity contribution is 0.0892. The zero-order chi connectivity index (χ0) is 16.4. The molecule has 0 spiro atoms. The maximum absolute atomic E-state index is 12.4. The molecule has 0 fully saturated rings. The summed E-state index contributed by atoms with van der Waals surface area (Å²) in [7, 11) is 0. The quantitative estimate of drug-likeness (QED) is 0.756. The van der Waals surface area contributed by atoms with E-state index in [1.807, 2.05) is 24.3 Å². The largest absolute Gasteiger partial charge is 0.351 e. The van der Waals surface area contributed by atoms with Gasteiger partial charge in [0, 0.05) is 6.07 Å². The van der Waals surface area contributed by atoms with Gasteiger partial charge in [0.15, 0.2) is 0 Å². The van der Waals surface area contributed by atoms with E-state index >= 15 is 0 Å². The minimum Gasteiger partial charge on any atom is -0.351 e. The van der Waals surface area contributed by atoms with Crippen LogP contribution in [-0.2, 0) is 0 Å². The molecule has 0 aliphatic rings. The molecule has 3 aromatic rings. The van der Waals surface area contributed by atoms with Crippen molar-refractivity contribution in [2.24, 2.45) is 5.92 Å². The van der Waals surface area contributed by atoms with Gasteiger partial charge in [-0.05, 0) is 31.4 Å². The van der Waals surface area contributed by atoms with Crippen LogP contribution in [0.4, 0.5) is 0 Å². The normalized spacial score (nSPS) is 12.7. The van der Waals surface area contributed by atoms with Crippen LogP contribution >= 0.6 is 0 Å². The lowest BCUT2D eigenvalue weighted by atomic mass is 10.0. The first kappa shape index (κ1) is 15.3.